The van der Waals surface area contributed by atoms with Crippen LogP contribution in [0.15, 0.2) is 28.7 Å². The Kier molecular flexibility index (Phi) is 5.90. The highest BCUT2D eigenvalue weighted by Gasteiger charge is 2.26. The minimum Gasteiger partial charge on any atom is -0.318 e. The molecule has 1 aromatic rings. The second-order valence-electron chi connectivity index (χ2n) is 5.18. The molecule has 0 bridgehead atoms. The topological polar surface area (TPSA) is 61.4 Å². The first-order valence-electron chi connectivity index (χ1n) is 7.09. The number of benzene rings is 1. The van der Waals surface area contributed by atoms with E-state index in [0.29, 0.717) is 16.1 Å². The summed E-state index contributed by atoms with van der Waals surface area (Å²) in [4.78, 5) is 26.2. The normalized spacial score (nSPS) is 18.7. The number of hydrogen-bond donors (Lipinski definition) is 2. The van der Waals surface area contributed by atoms with E-state index in [4.69, 9.17) is 0 Å². The second-order valence-corrected chi connectivity index (χ2v) is 6.04. The van der Waals surface area contributed by atoms with Crippen molar-refractivity contribution in [3.8, 4) is 0 Å². The van der Waals surface area contributed by atoms with Crippen molar-refractivity contribution in [3.05, 3.63) is 34.3 Å². The number of nitrogens with one attached hydrogen (secondary N) is 2. The van der Waals surface area contributed by atoms with Gasteiger partial charge in [0, 0.05) is 17.1 Å². The molecule has 1 aliphatic heterocycles. The highest BCUT2D eigenvalue weighted by molar-refractivity contribution is 9.10. The standard InChI is InChI=1S/C15H20BrN3O2/c1-17-9-11-5-4-8-19(11)10-14(20)18-15(21)12-6-2-3-7-13(12)16/h2-3,6-7,11,17H,4-5,8-10H2,1H3,(H,18,20,21). The molecule has 1 heterocycles. The molecule has 1 aliphatic rings. The summed E-state index contributed by atoms with van der Waals surface area (Å²) in [7, 11) is 1.91. The maximum atomic E-state index is 12.1. The zero-order chi connectivity index (χ0) is 15.2. The van der Waals surface area contributed by atoms with Crippen LogP contribution in [0, 0.1) is 0 Å². The third-order valence-corrected chi connectivity index (χ3v) is 4.35. The number of nitrogens with zero attached hydrogens (tertiary/aromatic N) is 1. The van der Waals surface area contributed by atoms with Crippen LogP contribution in [0.3, 0.4) is 0 Å². The molecular formula is C15H20BrN3O2. The van der Waals surface area contributed by atoms with E-state index < -0.39 is 0 Å². The lowest BCUT2D eigenvalue weighted by Gasteiger charge is -2.23. The van der Waals surface area contributed by atoms with Gasteiger partial charge in [-0.1, -0.05) is 12.1 Å². The quantitative estimate of drug-likeness (QED) is 0.839. The van der Waals surface area contributed by atoms with Crippen LogP contribution in [-0.2, 0) is 4.79 Å². The van der Waals surface area contributed by atoms with Crippen LogP contribution in [0.4, 0.5) is 0 Å². The maximum Gasteiger partial charge on any atom is 0.259 e. The third kappa shape index (κ3) is 4.36. The van der Waals surface area contributed by atoms with Crippen molar-refractivity contribution in [2.75, 3.05) is 26.7 Å². The molecule has 2 amide bonds. The lowest BCUT2D eigenvalue weighted by Crippen LogP contribution is -2.44. The van der Waals surface area contributed by atoms with E-state index in [1.165, 1.54) is 0 Å². The summed E-state index contributed by atoms with van der Waals surface area (Å²) >= 11 is 3.31. The van der Waals surface area contributed by atoms with Gasteiger partial charge in [0.15, 0.2) is 0 Å². The number of halogens is 1. The van der Waals surface area contributed by atoms with Crippen LogP contribution in [0.1, 0.15) is 23.2 Å². The van der Waals surface area contributed by atoms with Crippen LogP contribution in [0.25, 0.3) is 0 Å². The highest BCUT2D eigenvalue weighted by Crippen LogP contribution is 2.17. The monoisotopic (exact) mass is 353 g/mol. The summed E-state index contributed by atoms with van der Waals surface area (Å²) in [6.45, 7) is 2.04. The number of rotatable bonds is 5. The van der Waals surface area contributed by atoms with Gasteiger partial charge in [-0.15, -0.1) is 0 Å². The first-order valence-corrected chi connectivity index (χ1v) is 7.88. The molecule has 1 aromatic carbocycles. The molecule has 1 atom stereocenters. The summed E-state index contributed by atoms with van der Waals surface area (Å²) in [5.41, 5.74) is 0.471. The number of likely N-dealkylation sites (tertiary alicyclic amines) is 1. The lowest BCUT2D eigenvalue weighted by molar-refractivity contribution is -0.121. The summed E-state index contributed by atoms with van der Waals surface area (Å²) < 4.78 is 0.685. The largest absolute Gasteiger partial charge is 0.318 e. The van der Waals surface area contributed by atoms with E-state index in [-0.39, 0.29) is 18.4 Å². The second kappa shape index (κ2) is 7.68. The average Bonchev–Trinajstić information content (AvgIpc) is 2.86. The Balaban J connectivity index is 1.90. The molecule has 1 saturated heterocycles. The van der Waals surface area contributed by atoms with Gasteiger partial charge in [-0.25, -0.2) is 0 Å². The van der Waals surface area contributed by atoms with Crippen molar-refractivity contribution in [1.82, 2.24) is 15.5 Å². The van der Waals surface area contributed by atoms with Crippen molar-refractivity contribution in [2.24, 2.45) is 0 Å². The van der Waals surface area contributed by atoms with E-state index in [0.717, 1.165) is 25.9 Å². The van der Waals surface area contributed by atoms with Gasteiger partial charge in [-0.2, -0.15) is 0 Å². The molecule has 0 spiro atoms. The fourth-order valence-electron chi connectivity index (χ4n) is 2.63. The van der Waals surface area contributed by atoms with E-state index in [9.17, 15) is 9.59 Å². The van der Waals surface area contributed by atoms with E-state index in [1.54, 1.807) is 18.2 Å². The molecule has 6 heteroatoms. The number of imide groups is 1. The first-order chi connectivity index (χ1) is 10.1. The first kappa shape index (κ1) is 16.1. The molecule has 0 radical (unpaired) electrons. The summed E-state index contributed by atoms with van der Waals surface area (Å²) in [5, 5.41) is 5.60. The summed E-state index contributed by atoms with van der Waals surface area (Å²) in [6, 6.07) is 7.44. The molecule has 0 saturated carbocycles. The van der Waals surface area contributed by atoms with Crippen LogP contribution < -0.4 is 10.6 Å². The molecule has 0 aliphatic carbocycles. The molecule has 2 N–H and O–H groups in total. The fourth-order valence-corrected chi connectivity index (χ4v) is 3.10. The predicted octanol–water partition coefficient (Wildman–Crippen LogP) is 1.39. The number of carbonyl (C=O) groups is 2. The van der Waals surface area contributed by atoms with Crippen molar-refractivity contribution < 1.29 is 9.59 Å². The van der Waals surface area contributed by atoms with Crippen LogP contribution in [0.2, 0.25) is 0 Å². The van der Waals surface area contributed by atoms with Crippen molar-refractivity contribution in [1.29, 1.82) is 0 Å². The van der Waals surface area contributed by atoms with Crippen LogP contribution in [-0.4, -0.2) is 49.4 Å². The summed E-state index contributed by atoms with van der Waals surface area (Å²) in [5.74, 6) is -0.615. The fraction of sp³-hybridized carbons (Fsp3) is 0.467. The molecule has 2 rings (SSSR count). The zero-order valence-electron chi connectivity index (χ0n) is 12.1. The van der Waals surface area contributed by atoms with Gasteiger partial charge in [0.2, 0.25) is 5.91 Å². The van der Waals surface area contributed by atoms with Gasteiger partial charge in [-0.3, -0.25) is 19.8 Å². The Labute approximate surface area is 133 Å². The van der Waals surface area contributed by atoms with Gasteiger partial charge in [-0.05, 0) is 54.5 Å². The molecular weight excluding hydrogens is 334 g/mol. The maximum absolute atomic E-state index is 12.1. The Morgan fingerprint density at radius 1 is 1.38 bits per heavy atom. The van der Waals surface area contributed by atoms with E-state index in [2.05, 4.69) is 31.5 Å². The zero-order valence-corrected chi connectivity index (χ0v) is 13.6. The number of carbonyl (C=O) groups excluding carboxylic acids is 2. The number of likely N-dealkylation sites (N-methyl/N-ethyl adjacent to an activating group) is 1. The van der Waals surface area contributed by atoms with Gasteiger partial charge >= 0.3 is 0 Å². The van der Waals surface area contributed by atoms with Crippen molar-refractivity contribution in [2.45, 2.75) is 18.9 Å². The van der Waals surface area contributed by atoms with Gasteiger partial charge in [0.25, 0.3) is 5.91 Å². The molecule has 1 unspecified atom stereocenters. The SMILES string of the molecule is CNCC1CCCN1CC(=O)NC(=O)c1ccccc1Br. The van der Waals surface area contributed by atoms with Crippen LogP contribution >= 0.6 is 15.9 Å². The number of amides is 2. The Hall–Kier alpha value is -1.24. The predicted molar refractivity (Wildman–Crippen MR) is 85.1 cm³/mol. The summed E-state index contributed by atoms with van der Waals surface area (Å²) in [6.07, 6.45) is 2.18. The minimum absolute atomic E-state index is 0.251. The molecule has 5 nitrogen and oxygen atoms in total. The highest BCUT2D eigenvalue weighted by atomic mass is 79.9. The van der Waals surface area contributed by atoms with E-state index in [1.807, 2.05) is 13.1 Å². The van der Waals surface area contributed by atoms with Crippen molar-refractivity contribution in [3.63, 3.8) is 0 Å². The molecule has 114 valence electrons. The lowest BCUT2D eigenvalue weighted by atomic mass is 10.2. The Morgan fingerprint density at radius 2 is 2.14 bits per heavy atom. The van der Waals surface area contributed by atoms with E-state index >= 15 is 0 Å². The van der Waals surface area contributed by atoms with Gasteiger partial charge < -0.3 is 5.32 Å². The smallest absolute Gasteiger partial charge is 0.259 e. The van der Waals surface area contributed by atoms with Crippen LogP contribution in [0.5, 0.6) is 0 Å². The number of hydrogen-bond acceptors (Lipinski definition) is 4. The Bertz CT molecular complexity index is 521. The van der Waals surface area contributed by atoms with Gasteiger partial charge in [0.1, 0.15) is 0 Å². The third-order valence-electron chi connectivity index (χ3n) is 3.66. The van der Waals surface area contributed by atoms with Crippen molar-refractivity contribution >= 4 is 27.7 Å². The average molecular weight is 354 g/mol. The Morgan fingerprint density at radius 3 is 2.86 bits per heavy atom. The van der Waals surface area contributed by atoms with Gasteiger partial charge in [0.05, 0.1) is 12.1 Å². The molecule has 21 heavy (non-hydrogen) atoms. The minimum atomic E-state index is -0.364. The molecule has 1 fully saturated rings. The molecule has 0 aromatic heterocycles.